The highest BCUT2D eigenvalue weighted by Gasteiger charge is 2.28. The van der Waals surface area contributed by atoms with Gasteiger partial charge in [0, 0.05) is 24.6 Å². The van der Waals surface area contributed by atoms with E-state index in [1.54, 1.807) is 6.07 Å². The van der Waals surface area contributed by atoms with Crippen LogP contribution in [0.2, 0.25) is 0 Å². The Morgan fingerprint density at radius 1 is 1.45 bits per heavy atom. The summed E-state index contributed by atoms with van der Waals surface area (Å²) in [4.78, 5) is 14.4. The lowest BCUT2D eigenvalue weighted by molar-refractivity contribution is 0.0868. The quantitative estimate of drug-likeness (QED) is 0.795. The first-order valence-electron chi connectivity index (χ1n) is 7.41. The second kappa shape index (κ2) is 7.43. The highest BCUT2D eigenvalue weighted by Crippen LogP contribution is 2.19. The van der Waals surface area contributed by atoms with Gasteiger partial charge in [-0.3, -0.25) is 9.69 Å². The van der Waals surface area contributed by atoms with E-state index in [-0.39, 0.29) is 11.4 Å². The number of hydrogen-bond donors (Lipinski definition) is 1. The van der Waals surface area contributed by atoms with Gasteiger partial charge in [-0.2, -0.15) is 0 Å². The Labute approximate surface area is 121 Å². The van der Waals surface area contributed by atoms with Crippen LogP contribution in [-0.2, 0) is 6.42 Å². The molecule has 5 heteroatoms. The van der Waals surface area contributed by atoms with Crippen LogP contribution in [0.5, 0.6) is 0 Å². The number of carbonyl (C=O) groups excluding carboxylic acids is 1. The van der Waals surface area contributed by atoms with Crippen LogP contribution in [0.3, 0.4) is 0 Å². The molecule has 20 heavy (non-hydrogen) atoms. The first-order chi connectivity index (χ1) is 9.46. The molecule has 1 aromatic heterocycles. The van der Waals surface area contributed by atoms with E-state index in [0.29, 0.717) is 12.2 Å². The molecule has 5 nitrogen and oxygen atoms in total. The van der Waals surface area contributed by atoms with Crippen molar-refractivity contribution in [1.82, 2.24) is 15.4 Å². The second-order valence-corrected chi connectivity index (χ2v) is 5.48. The Kier molecular flexibility index (Phi) is 6.20. The van der Waals surface area contributed by atoms with Crippen molar-refractivity contribution < 1.29 is 9.32 Å². The van der Waals surface area contributed by atoms with Crippen LogP contribution in [0, 0.1) is 0 Å². The van der Waals surface area contributed by atoms with Crippen LogP contribution < -0.4 is 5.32 Å². The number of likely N-dealkylation sites (N-methyl/N-ethyl adjacent to an activating group) is 1. The minimum absolute atomic E-state index is 0.0313. The zero-order valence-corrected chi connectivity index (χ0v) is 13.3. The molecule has 1 atom stereocenters. The fourth-order valence-corrected chi connectivity index (χ4v) is 2.28. The summed E-state index contributed by atoms with van der Waals surface area (Å²) >= 11 is 0. The molecule has 0 saturated carbocycles. The summed E-state index contributed by atoms with van der Waals surface area (Å²) in [6.45, 7) is 10.0. The predicted molar refractivity (Wildman–Crippen MR) is 79.8 cm³/mol. The molecule has 1 heterocycles. The van der Waals surface area contributed by atoms with Gasteiger partial charge in [-0.05, 0) is 26.9 Å². The molecule has 1 aromatic rings. The molecule has 0 spiro atoms. The van der Waals surface area contributed by atoms with Crippen molar-refractivity contribution in [2.75, 3.05) is 20.1 Å². The summed E-state index contributed by atoms with van der Waals surface area (Å²) in [5, 5.41) is 6.77. The van der Waals surface area contributed by atoms with Crippen LogP contribution >= 0.6 is 0 Å². The van der Waals surface area contributed by atoms with Crippen molar-refractivity contribution in [3.63, 3.8) is 0 Å². The van der Waals surface area contributed by atoms with E-state index in [4.69, 9.17) is 4.52 Å². The van der Waals surface area contributed by atoms with E-state index in [1.807, 2.05) is 6.92 Å². The number of aromatic nitrogens is 1. The number of aryl methyl sites for hydroxylation is 1. The molecule has 1 amide bonds. The lowest BCUT2D eigenvalue weighted by Crippen LogP contribution is -2.52. The molecule has 1 N–H and O–H groups in total. The average Bonchev–Trinajstić information content (AvgIpc) is 2.93. The molecule has 0 radical (unpaired) electrons. The van der Waals surface area contributed by atoms with Crippen molar-refractivity contribution >= 4 is 5.91 Å². The van der Waals surface area contributed by atoms with Gasteiger partial charge in [-0.1, -0.05) is 32.3 Å². The summed E-state index contributed by atoms with van der Waals surface area (Å²) in [7, 11) is 2.09. The summed E-state index contributed by atoms with van der Waals surface area (Å²) in [5.41, 5.74) is 0.330. The molecule has 0 fully saturated rings. The highest BCUT2D eigenvalue weighted by atomic mass is 16.5. The zero-order valence-electron chi connectivity index (χ0n) is 13.3. The van der Waals surface area contributed by atoms with E-state index < -0.39 is 0 Å². The lowest BCUT2D eigenvalue weighted by atomic mass is 9.94. The van der Waals surface area contributed by atoms with Crippen molar-refractivity contribution in [1.29, 1.82) is 0 Å². The van der Waals surface area contributed by atoms with Crippen molar-refractivity contribution in [2.24, 2.45) is 0 Å². The summed E-state index contributed by atoms with van der Waals surface area (Å²) in [6, 6.07) is 1.70. The molecule has 1 rings (SSSR count). The van der Waals surface area contributed by atoms with Gasteiger partial charge in [-0.25, -0.2) is 0 Å². The normalized spacial score (nSPS) is 14.3. The molecule has 0 saturated heterocycles. The third-order valence-electron chi connectivity index (χ3n) is 3.95. The number of carbonyl (C=O) groups is 1. The Morgan fingerprint density at radius 2 is 2.15 bits per heavy atom. The van der Waals surface area contributed by atoms with Crippen molar-refractivity contribution in [3.8, 4) is 0 Å². The Balaban J connectivity index is 2.65. The van der Waals surface area contributed by atoms with Gasteiger partial charge in [0.05, 0.1) is 0 Å². The van der Waals surface area contributed by atoms with Gasteiger partial charge in [0.25, 0.3) is 5.91 Å². The number of amides is 1. The van der Waals surface area contributed by atoms with Crippen LogP contribution in [0.4, 0.5) is 0 Å². The van der Waals surface area contributed by atoms with Crippen LogP contribution in [0.15, 0.2) is 10.6 Å². The lowest BCUT2D eigenvalue weighted by Gasteiger charge is -2.38. The molecule has 0 aliphatic heterocycles. The van der Waals surface area contributed by atoms with Gasteiger partial charge < -0.3 is 9.84 Å². The minimum atomic E-state index is -0.166. The summed E-state index contributed by atoms with van der Waals surface area (Å²) in [5.74, 6) is 0.567. The SMILES string of the molecule is CCCC(C)(CNC(=O)c1cc(CC)on1)N(C)CC. The van der Waals surface area contributed by atoms with E-state index in [0.717, 1.165) is 31.6 Å². The molecular formula is C15H27N3O2. The molecule has 1 unspecified atom stereocenters. The molecule has 114 valence electrons. The largest absolute Gasteiger partial charge is 0.361 e. The molecule has 0 aliphatic carbocycles. The van der Waals surface area contributed by atoms with Gasteiger partial charge in [0.1, 0.15) is 5.76 Å². The standard InChI is InChI=1S/C15H27N3O2/c1-6-9-15(4,18(5)8-3)11-16-14(19)13-10-12(7-2)20-17-13/h10H,6-9,11H2,1-5H3,(H,16,19). The van der Waals surface area contributed by atoms with E-state index >= 15 is 0 Å². The monoisotopic (exact) mass is 281 g/mol. The zero-order chi connectivity index (χ0) is 15.2. The third kappa shape index (κ3) is 4.07. The fraction of sp³-hybridized carbons (Fsp3) is 0.733. The Hall–Kier alpha value is -1.36. The smallest absolute Gasteiger partial charge is 0.273 e. The average molecular weight is 281 g/mol. The van der Waals surface area contributed by atoms with Crippen LogP contribution in [0.1, 0.15) is 56.8 Å². The van der Waals surface area contributed by atoms with Crippen LogP contribution in [0.25, 0.3) is 0 Å². The maximum atomic E-state index is 12.1. The molecule has 0 bridgehead atoms. The van der Waals surface area contributed by atoms with Gasteiger partial charge in [0.2, 0.25) is 0 Å². The van der Waals surface area contributed by atoms with Crippen LogP contribution in [-0.4, -0.2) is 41.6 Å². The third-order valence-corrected chi connectivity index (χ3v) is 3.95. The first-order valence-corrected chi connectivity index (χ1v) is 7.41. The van der Waals surface area contributed by atoms with Crippen molar-refractivity contribution in [3.05, 3.63) is 17.5 Å². The minimum Gasteiger partial charge on any atom is -0.361 e. The molecule has 0 aliphatic rings. The molecular weight excluding hydrogens is 254 g/mol. The van der Waals surface area contributed by atoms with E-state index in [9.17, 15) is 4.79 Å². The Bertz CT molecular complexity index is 431. The number of nitrogens with one attached hydrogen (secondary N) is 1. The second-order valence-electron chi connectivity index (χ2n) is 5.48. The maximum Gasteiger partial charge on any atom is 0.273 e. The fourth-order valence-electron chi connectivity index (χ4n) is 2.28. The highest BCUT2D eigenvalue weighted by molar-refractivity contribution is 5.92. The van der Waals surface area contributed by atoms with Gasteiger partial charge in [0.15, 0.2) is 5.69 Å². The summed E-state index contributed by atoms with van der Waals surface area (Å²) < 4.78 is 5.06. The maximum absolute atomic E-state index is 12.1. The number of rotatable bonds is 8. The number of nitrogens with zero attached hydrogens (tertiary/aromatic N) is 2. The Morgan fingerprint density at radius 3 is 2.65 bits per heavy atom. The number of hydrogen-bond acceptors (Lipinski definition) is 4. The first kappa shape index (κ1) is 16.7. The van der Waals surface area contributed by atoms with E-state index in [2.05, 4.69) is 43.2 Å². The van der Waals surface area contributed by atoms with E-state index in [1.165, 1.54) is 0 Å². The topological polar surface area (TPSA) is 58.4 Å². The van der Waals surface area contributed by atoms with Gasteiger partial charge >= 0.3 is 0 Å². The van der Waals surface area contributed by atoms with Crippen molar-refractivity contribution in [2.45, 2.75) is 52.5 Å². The van der Waals surface area contributed by atoms with Gasteiger partial charge in [-0.15, -0.1) is 0 Å². The summed E-state index contributed by atoms with van der Waals surface area (Å²) in [6.07, 6.45) is 2.86. The predicted octanol–water partition coefficient (Wildman–Crippen LogP) is 2.48. The molecule has 0 aromatic carbocycles.